The molecule has 0 saturated carbocycles. The molecule has 3 rings (SSSR count). The molecule has 26 heavy (non-hydrogen) atoms. The summed E-state index contributed by atoms with van der Waals surface area (Å²) in [6.45, 7) is 6.22. The largest absolute Gasteiger partial charge is 0.349 e. The molecule has 0 unspecified atom stereocenters. The quantitative estimate of drug-likeness (QED) is 0.419. The number of thioether (sulfide) groups is 2. The predicted octanol–water partition coefficient (Wildman–Crippen LogP) is 7.33. The predicted molar refractivity (Wildman–Crippen MR) is 118 cm³/mol. The fraction of sp³-hybridized carbons (Fsp3) is 0.0435. The molecule has 0 amide bonds. The van der Waals surface area contributed by atoms with E-state index in [1.165, 1.54) is 21.0 Å². The maximum atomic E-state index is 4.10. The Hall–Kier alpha value is -2.36. The molecule has 3 heteroatoms. The van der Waals surface area contributed by atoms with E-state index in [0.29, 0.717) is 0 Å². The second-order valence-corrected chi connectivity index (χ2v) is 7.97. The second kappa shape index (κ2) is 9.37. The molecule has 0 saturated heterocycles. The zero-order valence-corrected chi connectivity index (χ0v) is 16.3. The fourth-order valence-electron chi connectivity index (χ4n) is 2.36. The Kier molecular flexibility index (Phi) is 6.64. The Balaban J connectivity index is 1.45. The average molecular weight is 376 g/mol. The Morgan fingerprint density at radius 3 is 2.54 bits per heavy atom. The lowest BCUT2D eigenvalue weighted by Gasteiger charge is -2.03. The highest BCUT2D eigenvalue weighted by atomic mass is 32.2. The SMILES string of the molecule is C=C(/C=C/C=C/C=C/C=C1/Nc2ccccc2S1)Sc1ccccc1C. The standard InChI is InChI=1S/C23H21NS2/c1-18-12-8-10-15-21(18)25-19(2)13-6-4-3-5-7-17-23-24-20-14-9-11-16-22(20)26-23/h3-17,24H,2H2,1H3/b4-3+,7-5+,13-6+,23-17-. The first kappa shape index (κ1) is 18.4. The molecule has 0 atom stereocenters. The van der Waals surface area contributed by atoms with Crippen LogP contribution in [0.25, 0.3) is 0 Å². The second-order valence-electron chi connectivity index (χ2n) is 5.72. The smallest absolute Gasteiger partial charge is 0.0774 e. The van der Waals surface area contributed by atoms with Crippen LogP contribution in [0.2, 0.25) is 0 Å². The number of hydrogen-bond donors (Lipinski definition) is 1. The van der Waals surface area contributed by atoms with E-state index < -0.39 is 0 Å². The van der Waals surface area contributed by atoms with Gasteiger partial charge in [-0.05, 0) is 42.8 Å². The van der Waals surface area contributed by atoms with Crippen molar-refractivity contribution in [1.29, 1.82) is 0 Å². The summed E-state index contributed by atoms with van der Waals surface area (Å²) in [5, 5.41) is 4.55. The summed E-state index contributed by atoms with van der Waals surface area (Å²) in [6, 6.07) is 16.7. The summed E-state index contributed by atoms with van der Waals surface area (Å²) in [7, 11) is 0. The molecule has 1 N–H and O–H groups in total. The van der Waals surface area contributed by atoms with E-state index in [1.807, 2.05) is 42.5 Å². The van der Waals surface area contributed by atoms with Crippen molar-refractivity contribution >= 4 is 29.2 Å². The zero-order valence-electron chi connectivity index (χ0n) is 14.7. The first-order valence-electron chi connectivity index (χ1n) is 8.40. The molecule has 1 heterocycles. The zero-order chi connectivity index (χ0) is 18.2. The third-order valence-electron chi connectivity index (χ3n) is 3.67. The van der Waals surface area contributed by atoms with Crippen molar-refractivity contribution in [3.63, 3.8) is 0 Å². The van der Waals surface area contributed by atoms with Crippen molar-refractivity contribution in [2.75, 3.05) is 5.32 Å². The number of para-hydroxylation sites is 1. The highest BCUT2D eigenvalue weighted by molar-refractivity contribution is 8.03. The van der Waals surface area contributed by atoms with Crippen molar-refractivity contribution in [2.45, 2.75) is 16.7 Å². The number of rotatable bonds is 6. The molecule has 1 aliphatic heterocycles. The summed E-state index contributed by atoms with van der Waals surface area (Å²) in [5.41, 5.74) is 2.46. The number of benzene rings is 2. The van der Waals surface area contributed by atoms with Crippen molar-refractivity contribution in [3.05, 3.63) is 113 Å². The third kappa shape index (κ3) is 5.32. The molecule has 1 nitrogen and oxygen atoms in total. The van der Waals surface area contributed by atoms with E-state index in [-0.39, 0.29) is 0 Å². The molecule has 1 aliphatic rings. The third-order valence-corrected chi connectivity index (χ3v) is 5.78. The van der Waals surface area contributed by atoms with E-state index >= 15 is 0 Å². The maximum absolute atomic E-state index is 4.10. The minimum absolute atomic E-state index is 1.03. The molecule has 0 radical (unpaired) electrons. The number of fused-ring (bicyclic) bond motifs is 1. The number of nitrogens with one attached hydrogen (secondary N) is 1. The van der Waals surface area contributed by atoms with Gasteiger partial charge in [-0.3, -0.25) is 0 Å². The highest BCUT2D eigenvalue weighted by Gasteiger charge is 2.13. The summed E-state index contributed by atoms with van der Waals surface area (Å²) >= 11 is 3.45. The number of hydrogen-bond acceptors (Lipinski definition) is 3. The van der Waals surface area contributed by atoms with Gasteiger partial charge in [0.25, 0.3) is 0 Å². The van der Waals surface area contributed by atoms with Crippen molar-refractivity contribution in [2.24, 2.45) is 0 Å². The van der Waals surface area contributed by atoms with Crippen LogP contribution in [-0.2, 0) is 0 Å². The van der Waals surface area contributed by atoms with E-state index in [2.05, 4.69) is 67.4 Å². The lowest BCUT2D eigenvalue weighted by atomic mass is 10.2. The molecular formula is C23H21NS2. The van der Waals surface area contributed by atoms with Gasteiger partial charge in [0, 0.05) is 14.7 Å². The van der Waals surface area contributed by atoms with Gasteiger partial charge in [-0.1, -0.05) is 90.8 Å². The molecule has 2 aromatic carbocycles. The van der Waals surface area contributed by atoms with E-state index in [1.54, 1.807) is 23.5 Å². The average Bonchev–Trinajstić information content (AvgIpc) is 3.05. The van der Waals surface area contributed by atoms with Gasteiger partial charge in [-0.25, -0.2) is 0 Å². The Morgan fingerprint density at radius 1 is 0.962 bits per heavy atom. The number of allylic oxidation sites excluding steroid dienone is 7. The van der Waals surface area contributed by atoms with Crippen LogP contribution < -0.4 is 5.32 Å². The summed E-state index contributed by atoms with van der Waals surface area (Å²) in [4.78, 5) is 3.55. The van der Waals surface area contributed by atoms with Gasteiger partial charge in [0.05, 0.1) is 10.7 Å². The van der Waals surface area contributed by atoms with Crippen LogP contribution in [0, 0.1) is 6.92 Å². The molecular weight excluding hydrogens is 354 g/mol. The Labute approximate surface area is 164 Å². The number of aryl methyl sites for hydroxylation is 1. The molecule has 0 aliphatic carbocycles. The highest BCUT2D eigenvalue weighted by Crippen LogP contribution is 2.40. The molecule has 0 fully saturated rings. The summed E-state index contributed by atoms with van der Waals surface area (Å²) in [5.74, 6) is 0. The number of anilines is 1. The van der Waals surface area contributed by atoms with Gasteiger partial charge < -0.3 is 5.32 Å². The fourth-order valence-corrected chi connectivity index (χ4v) is 4.08. The van der Waals surface area contributed by atoms with E-state index in [4.69, 9.17) is 0 Å². The van der Waals surface area contributed by atoms with Gasteiger partial charge in [-0.15, -0.1) is 0 Å². The summed E-state index contributed by atoms with van der Waals surface area (Å²) in [6.07, 6.45) is 14.2. The lowest BCUT2D eigenvalue weighted by Crippen LogP contribution is -1.86. The Morgan fingerprint density at radius 2 is 1.69 bits per heavy atom. The van der Waals surface area contributed by atoms with Gasteiger partial charge in [0.1, 0.15) is 0 Å². The van der Waals surface area contributed by atoms with Gasteiger partial charge >= 0.3 is 0 Å². The lowest BCUT2D eigenvalue weighted by molar-refractivity contribution is 1.31. The van der Waals surface area contributed by atoms with Crippen LogP contribution in [0.5, 0.6) is 0 Å². The summed E-state index contributed by atoms with van der Waals surface area (Å²) < 4.78 is 0. The topological polar surface area (TPSA) is 12.0 Å². The van der Waals surface area contributed by atoms with Crippen LogP contribution in [0.3, 0.4) is 0 Å². The van der Waals surface area contributed by atoms with Crippen LogP contribution in [0.4, 0.5) is 5.69 Å². The van der Waals surface area contributed by atoms with E-state index in [0.717, 1.165) is 9.93 Å². The van der Waals surface area contributed by atoms with Crippen LogP contribution in [0.1, 0.15) is 5.56 Å². The van der Waals surface area contributed by atoms with Crippen LogP contribution in [0.15, 0.2) is 117 Å². The van der Waals surface area contributed by atoms with Gasteiger partial charge in [0.15, 0.2) is 0 Å². The van der Waals surface area contributed by atoms with Crippen molar-refractivity contribution in [3.8, 4) is 0 Å². The minimum Gasteiger partial charge on any atom is -0.349 e. The molecule has 0 spiro atoms. The first-order chi connectivity index (χ1) is 12.7. The van der Waals surface area contributed by atoms with Gasteiger partial charge in [0.2, 0.25) is 0 Å². The first-order valence-corrected chi connectivity index (χ1v) is 10.0. The molecule has 130 valence electrons. The normalized spacial score (nSPS) is 15.2. The Bertz CT molecular complexity index is 877. The van der Waals surface area contributed by atoms with Gasteiger partial charge in [-0.2, -0.15) is 0 Å². The van der Waals surface area contributed by atoms with Crippen LogP contribution >= 0.6 is 23.5 Å². The minimum atomic E-state index is 1.03. The van der Waals surface area contributed by atoms with E-state index in [9.17, 15) is 0 Å². The monoisotopic (exact) mass is 375 g/mol. The molecule has 0 bridgehead atoms. The van der Waals surface area contributed by atoms with Crippen LogP contribution in [-0.4, -0.2) is 0 Å². The van der Waals surface area contributed by atoms with Crippen molar-refractivity contribution in [1.82, 2.24) is 0 Å². The molecule has 2 aromatic rings. The van der Waals surface area contributed by atoms with Crippen molar-refractivity contribution < 1.29 is 0 Å². The maximum Gasteiger partial charge on any atom is 0.0774 e. The molecule has 0 aromatic heterocycles.